The highest BCUT2D eigenvalue weighted by molar-refractivity contribution is 5.96. The molecule has 19 heavy (non-hydrogen) atoms. The summed E-state index contributed by atoms with van der Waals surface area (Å²) in [6.07, 6.45) is 4.43. The highest BCUT2D eigenvalue weighted by atomic mass is 19.1. The van der Waals surface area contributed by atoms with Crippen LogP contribution >= 0.6 is 0 Å². The maximum atomic E-state index is 12.9. The molecule has 1 saturated carbocycles. The molecule has 1 aromatic rings. The van der Waals surface area contributed by atoms with Gasteiger partial charge in [0.25, 0.3) is 0 Å². The van der Waals surface area contributed by atoms with Crippen molar-refractivity contribution in [3.8, 4) is 0 Å². The lowest BCUT2D eigenvalue weighted by molar-refractivity contribution is -0.128. The van der Waals surface area contributed by atoms with Crippen molar-refractivity contribution in [1.82, 2.24) is 5.32 Å². The first kappa shape index (κ1) is 12.6. The van der Waals surface area contributed by atoms with Crippen LogP contribution in [0.25, 0.3) is 0 Å². The molecule has 2 fully saturated rings. The Kier molecular flexibility index (Phi) is 3.27. The van der Waals surface area contributed by atoms with Gasteiger partial charge in [-0.25, -0.2) is 4.39 Å². The lowest BCUT2D eigenvalue weighted by Crippen LogP contribution is -2.44. The van der Waals surface area contributed by atoms with Gasteiger partial charge >= 0.3 is 0 Å². The molecule has 3 rings (SSSR count). The first-order valence-corrected chi connectivity index (χ1v) is 6.98. The number of benzene rings is 1. The molecule has 1 aliphatic heterocycles. The molecule has 1 heterocycles. The van der Waals surface area contributed by atoms with Crippen LogP contribution < -0.4 is 10.6 Å². The molecule has 0 unspecified atom stereocenters. The van der Waals surface area contributed by atoms with E-state index in [0.29, 0.717) is 11.6 Å². The number of nitrogens with one attached hydrogen (secondary N) is 2. The molecule has 3 nitrogen and oxygen atoms in total. The Balaban J connectivity index is 1.77. The summed E-state index contributed by atoms with van der Waals surface area (Å²) >= 11 is 0. The number of hydrogen-bond donors (Lipinski definition) is 2. The molecule has 1 saturated heterocycles. The van der Waals surface area contributed by atoms with Gasteiger partial charge in [-0.2, -0.15) is 0 Å². The van der Waals surface area contributed by atoms with Crippen LogP contribution in [0.2, 0.25) is 0 Å². The van der Waals surface area contributed by atoms with Gasteiger partial charge in [0.05, 0.1) is 5.41 Å². The number of anilines is 1. The molecule has 1 amide bonds. The zero-order valence-corrected chi connectivity index (χ0v) is 10.9. The summed E-state index contributed by atoms with van der Waals surface area (Å²) < 4.78 is 12.9. The van der Waals surface area contributed by atoms with Crippen molar-refractivity contribution in [2.45, 2.75) is 25.7 Å². The molecule has 0 spiro atoms. The third-order valence-corrected chi connectivity index (χ3v) is 4.59. The number of carbonyl (C=O) groups is 1. The van der Waals surface area contributed by atoms with E-state index in [1.807, 2.05) is 0 Å². The second kappa shape index (κ2) is 4.93. The van der Waals surface area contributed by atoms with E-state index in [9.17, 15) is 9.18 Å². The first-order valence-electron chi connectivity index (χ1n) is 6.98. The van der Waals surface area contributed by atoms with Gasteiger partial charge in [0, 0.05) is 12.2 Å². The van der Waals surface area contributed by atoms with Crippen molar-refractivity contribution in [3.63, 3.8) is 0 Å². The van der Waals surface area contributed by atoms with E-state index in [4.69, 9.17) is 0 Å². The largest absolute Gasteiger partial charge is 0.326 e. The second-order valence-corrected chi connectivity index (χ2v) is 5.69. The molecule has 0 radical (unpaired) electrons. The number of amides is 1. The van der Waals surface area contributed by atoms with Crippen molar-refractivity contribution in [3.05, 3.63) is 30.1 Å². The molecule has 0 aromatic heterocycles. The number of hydrogen-bond acceptors (Lipinski definition) is 2. The number of carbonyl (C=O) groups excluding carboxylic acids is 1. The van der Waals surface area contributed by atoms with E-state index in [1.165, 1.54) is 18.6 Å². The van der Waals surface area contributed by atoms with Crippen molar-refractivity contribution < 1.29 is 9.18 Å². The minimum Gasteiger partial charge on any atom is -0.326 e. The van der Waals surface area contributed by atoms with Gasteiger partial charge in [0.15, 0.2) is 0 Å². The van der Waals surface area contributed by atoms with Crippen LogP contribution in [0.15, 0.2) is 24.3 Å². The Morgan fingerprint density at radius 3 is 2.89 bits per heavy atom. The highest BCUT2D eigenvalue weighted by Gasteiger charge is 2.49. The molecule has 102 valence electrons. The number of halogens is 1. The van der Waals surface area contributed by atoms with Gasteiger partial charge in [0.1, 0.15) is 5.82 Å². The average Bonchev–Trinajstić information content (AvgIpc) is 2.86. The molecule has 0 bridgehead atoms. The Morgan fingerprint density at radius 2 is 2.11 bits per heavy atom. The lowest BCUT2D eigenvalue weighted by Gasteiger charge is -2.37. The third-order valence-electron chi connectivity index (χ3n) is 4.59. The molecule has 2 N–H and O–H groups in total. The zero-order chi connectivity index (χ0) is 13.3. The predicted molar refractivity (Wildman–Crippen MR) is 72.3 cm³/mol. The number of fused-ring (bicyclic) bond motifs is 1. The molecule has 2 aliphatic rings. The van der Waals surface area contributed by atoms with Crippen molar-refractivity contribution in [2.24, 2.45) is 11.3 Å². The van der Waals surface area contributed by atoms with E-state index in [0.717, 1.165) is 32.4 Å². The fraction of sp³-hybridized carbons (Fsp3) is 0.533. The van der Waals surface area contributed by atoms with Gasteiger partial charge in [-0.3, -0.25) is 4.79 Å². The van der Waals surface area contributed by atoms with E-state index < -0.39 is 0 Å². The summed E-state index contributed by atoms with van der Waals surface area (Å²) in [5, 5.41) is 6.32. The van der Waals surface area contributed by atoms with Crippen LogP contribution in [0, 0.1) is 17.2 Å². The minimum absolute atomic E-state index is 0.0915. The van der Waals surface area contributed by atoms with Crippen LogP contribution in [0.3, 0.4) is 0 Å². The Hall–Kier alpha value is -1.42. The molecule has 1 aliphatic carbocycles. The summed E-state index contributed by atoms with van der Waals surface area (Å²) in [7, 11) is 0. The second-order valence-electron chi connectivity index (χ2n) is 5.69. The quantitative estimate of drug-likeness (QED) is 0.860. The van der Waals surface area contributed by atoms with E-state index in [1.54, 1.807) is 12.1 Å². The SMILES string of the molecule is O=C(Nc1ccc(F)cc1)[C@@]12CCCC[C@H]1CNC2. The molecular weight excluding hydrogens is 243 g/mol. The van der Waals surface area contributed by atoms with E-state index in [2.05, 4.69) is 10.6 Å². The first-order chi connectivity index (χ1) is 9.21. The van der Waals surface area contributed by atoms with E-state index in [-0.39, 0.29) is 17.1 Å². The Bertz CT molecular complexity index is 474. The van der Waals surface area contributed by atoms with Gasteiger partial charge in [-0.05, 0) is 49.6 Å². The normalized spacial score (nSPS) is 29.8. The van der Waals surface area contributed by atoms with Crippen LogP contribution in [0.1, 0.15) is 25.7 Å². The van der Waals surface area contributed by atoms with Gasteiger partial charge < -0.3 is 10.6 Å². The van der Waals surface area contributed by atoms with E-state index >= 15 is 0 Å². The Morgan fingerprint density at radius 1 is 1.32 bits per heavy atom. The van der Waals surface area contributed by atoms with Crippen molar-refractivity contribution in [2.75, 3.05) is 18.4 Å². The summed E-state index contributed by atoms with van der Waals surface area (Å²) in [6.45, 7) is 1.71. The fourth-order valence-electron chi connectivity index (χ4n) is 3.48. The van der Waals surface area contributed by atoms with Gasteiger partial charge in [0.2, 0.25) is 5.91 Å². The molecular formula is C15H19FN2O. The number of rotatable bonds is 2. The minimum atomic E-state index is -0.283. The summed E-state index contributed by atoms with van der Waals surface area (Å²) in [6, 6.07) is 5.98. The average molecular weight is 262 g/mol. The summed E-state index contributed by atoms with van der Waals surface area (Å²) in [5.41, 5.74) is 0.420. The molecule has 2 atom stereocenters. The summed E-state index contributed by atoms with van der Waals surface area (Å²) in [5.74, 6) is 0.254. The lowest BCUT2D eigenvalue weighted by atomic mass is 9.67. The van der Waals surface area contributed by atoms with Crippen molar-refractivity contribution in [1.29, 1.82) is 0 Å². The van der Waals surface area contributed by atoms with Crippen LogP contribution in [-0.2, 0) is 4.79 Å². The van der Waals surface area contributed by atoms with Crippen LogP contribution in [0.4, 0.5) is 10.1 Å². The standard InChI is InChI=1S/C15H19FN2O/c16-12-4-6-13(7-5-12)18-14(19)15-8-2-1-3-11(15)9-17-10-15/h4-7,11,17H,1-3,8-10H2,(H,18,19)/t11-,15+/m0/s1. The van der Waals surface area contributed by atoms with Gasteiger partial charge in [-0.15, -0.1) is 0 Å². The monoisotopic (exact) mass is 262 g/mol. The summed E-state index contributed by atoms with van der Waals surface area (Å²) in [4.78, 5) is 12.6. The maximum Gasteiger partial charge on any atom is 0.232 e. The third kappa shape index (κ3) is 2.25. The van der Waals surface area contributed by atoms with Crippen LogP contribution in [0.5, 0.6) is 0 Å². The predicted octanol–water partition coefficient (Wildman–Crippen LogP) is 2.54. The fourth-order valence-corrected chi connectivity index (χ4v) is 3.48. The maximum absolute atomic E-state index is 12.9. The van der Waals surface area contributed by atoms with Crippen LogP contribution in [-0.4, -0.2) is 19.0 Å². The molecule has 4 heteroatoms. The Labute approximate surface area is 112 Å². The van der Waals surface area contributed by atoms with Gasteiger partial charge in [-0.1, -0.05) is 12.8 Å². The molecule has 1 aromatic carbocycles. The highest BCUT2D eigenvalue weighted by Crippen LogP contribution is 2.44. The zero-order valence-electron chi connectivity index (χ0n) is 10.9. The van der Waals surface area contributed by atoms with Crippen molar-refractivity contribution >= 4 is 11.6 Å². The topological polar surface area (TPSA) is 41.1 Å². The smallest absolute Gasteiger partial charge is 0.232 e.